The molecule has 2 aromatic rings. The van der Waals surface area contributed by atoms with Crippen LogP contribution < -0.4 is 21.5 Å². The van der Waals surface area contributed by atoms with Crippen LogP contribution in [0.2, 0.25) is 0 Å². The highest BCUT2D eigenvalue weighted by Gasteiger charge is 2.14. The number of carbonyl (C=O) groups excluding carboxylic acids is 1. The molecule has 0 aliphatic carbocycles. The van der Waals surface area contributed by atoms with Crippen molar-refractivity contribution in [3.8, 4) is 0 Å². The first kappa shape index (κ1) is 14.9. The standard InChI is InChI=1S/C14H16N6O3/c21-12-8-10(16-14(23)17-12)15-13(22)9-4-5-11(19-18-9)20-6-2-1-3-7-20/h4-5,8H,1-3,6-7H2,(H3,15,16,17,21,22,23). The van der Waals surface area contributed by atoms with Gasteiger partial charge in [0.15, 0.2) is 11.5 Å². The topological polar surface area (TPSA) is 124 Å². The predicted octanol–water partition coefficient (Wildman–Crippen LogP) is 0.0958. The molecule has 1 fully saturated rings. The molecule has 1 saturated heterocycles. The van der Waals surface area contributed by atoms with Crippen molar-refractivity contribution >= 4 is 17.5 Å². The molecule has 0 aromatic carbocycles. The van der Waals surface area contributed by atoms with Crippen LogP contribution in [0.4, 0.5) is 11.6 Å². The molecule has 0 saturated carbocycles. The molecular formula is C14H16N6O3. The predicted molar refractivity (Wildman–Crippen MR) is 83.7 cm³/mol. The number of nitrogens with one attached hydrogen (secondary N) is 3. The van der Waals surface area contributed by atoms with E-state index in [1.165, 1.54) is 6.42 Å². The molecule has 3 rings (SSSR count). The zero-order valence-electron chi connectivity index (χ0n) is 12.3. The summed E-state index contributed by atoms with van der Waals surface area (Å²) in [4.78, 5) is 40.9. The number of piperidine rings is 1. The lowest BCUT2D eigenvalue weighted by Crippen LogP contribution is -2.30. The van der Waals surface area contributed by atoms with Crippen LogP contribution in [0.15, 0.2) is 27.8 Å². The van der Waals surface area contributed by atoms with Crippen LogP contribution >= 0.6 is 0 Å². The van der Waals surface area contributed by atoms with E-state index in [1.807, 2.05) is 4.98 Å². The zero-order valence-corrected chi connectivity index (χ0v) is 12.3. The van der Waals surface area contributed by atoms with Crippen LogP contribution in [0.1, 0.15) is 29.8 Å². The summed E-state index contributed by atoms with van der Waals surface area (Å²) in [6.45, 7) is 1.88. The Bertz CT molecular complexity index is 776. The molecule has 120 valence electrons. The number of carbonyl (C=O) groups is 1. The minimum absolute atomic E-state index is 0.00524. The molecule has 0 spiro atoms. The first-order valence-electron chi connectivity index (χ1n) is 7.35. The summed E-state index contributed by atoms with van der Waals surface area (Å²) in [6, 6.07) is 4.39. The average molecular weight is 316 g/mol. The number of aromatic amines is 2. The maximum atomic E-state index is 12.1. The molecule has 2 aromatic heterocycles. The van der Waals surface area contributed by atoms with Gasteiger partial charge in [-0.1, -0.05) is 0 Å². The molecule has 3 heterocycles. The van der Waals surface area contributed by atoms with Gasteiger partial charge in [0, 0.05) is 19.2 Å². The number of H-pyrrole nitrogens is 2. The van der Waals surface area contributed by atoms with Crippen molar-refractivity contribution in [3.05, 3.63) is 44.7 Å². The number of hydrogen-bond donors (Lipinski definition) is 3. The second kappa shape index (κ2) is 6.42. The summed E-state index contributed by atoms with van der Waals surface area (Å²) >= 11 is 0. The number of rotatable bonds is 3. The molecule has 9 nitrogen and oxygen atoms in total. The molecule has 0 unspecified atom stereocenters. The fraction of sp³-hybridized carbons (Fsp3) is 0.357. The van der Waals surface area contributed by atoms with Crippen LogP contribution in [-0.2, 0) is 0 Å². The normalized spacial score (nSPS) is 14.5. The summed E-state index contributed by atoms with van der Waals surface area (Å²) in [5, 5.41) is 10.4. The van der Waals surface area contributed by atoms with Crippen LogP contribution in [0, 0.1) is 0 Å². The molecule has 0 radical (unpaired) electrons. The van der Waals surface area contributed by atoms with Crippen molar-refractivity contribution in [1.29, 1.82) is 0 Å². The summed E-state index contributed by atoms with van der Waals surface area (Å²) in [6.07, 6.45) is 3.47. The van der Waals surface area contributed by atoms with E-state index in [1.54, 1.807) is 12.1 Å². The molecule has 1 aliphatic rings. The first-order valence-corrected chi connectivity index (χ1v) is 7.35. The van der Waals surface area contributed by atoms with Gasteiger partial charge in [-0.25, -0.2) is 4.79 Å². The largest absolute Gasteiger partial charge is 0.355 e. The van der Waals surface area contributed by atoms with Gasteiger partial charge in [-0.05, 0) is 31.4 Å². The Hall–Kier alpha value is -2.97. The van der Waals surface area contributed by atoms with Gasteiger partial charge in [0.1, 0.15) is 5.82 Å². The molecule has 3 N–H and O–H groups in total. The summed E-state index contributed by atoms with van der Waals surface area (Å²) < 4.78 is 0. The van der Waals surface area contributed by atoms with Gasteiger partial charge in [0.25, 0.3) is 11.5 Å². The van der Waals surface area contributed by atoms with Gasteiger partial charge < -0.3 is 10.2 Å². The third-order valence-corrected chi connectivity index (χ3v) is 3.57. The number of amides is 1. The summed E-state index contributed by atoms with van der Waals surface area (Å²) in [5.41, 5.74) is -1.19. The van der Waals surface area contributed by atoms with Gasteiger partial charge in [0.2, 0.25) is 0 Å². The molecule has 9 heteroatoms. The molecule has 0 bridgehead atoms. The minimum Gasteiger partial charge on any atom is -0.355 e. The zero-order chi connectivity index (χ0) is 16.2. The molecule has 1 amide bonds. The Morgan fingerprint density at radius 1 is 1.09 bits per heavy atom. The first-order chi connectivity index (χ1) is 11.1. The molecule has 23 heavy (non-hydrogen) atoms. The average Bonchev–Trinajstić information content (AvgIpc) is 2.55. The van der Waals surface area contributed by atoms with E-state index in [2.05, 4.69) is 25.4 Å². The fourth-order valence-electron chi connectivity index (χ4n) is 2.46. The molecule has 1 aliphatic heterocycles. The van der Waals surface area contributed by atoms with Crippen LogP contribution in [0.3, 0.4) is 0 Å². The van der Waals surface area contributed by atoms with Crippen LogP contribution in [-0.4, -0.2) is 39.2 Å². The highest BCUT2D eigenvalue weighted by molar-refractivity contribution is 6.02. The van der Waals surface area contributed by atoms with Crippen LogP contribution in [0.5, 0.6) is 0 Å². The van der Waals surface area contributed by atoms with E-state index >= 15 is 0 Å². The van der Waals surface area contributed by atoms with Gasteiger partial charge in [-0.2, -0.15) is 0 Å². The van der Waals surface area contributed by atoms with Crippen molar-refractivity contribution in [3.63, 3.8) is 0 Å². The van der Waals surface area contributed by atoms with E-state index < -0.39 is 17.2 Å². The third-order valence-electron chi connectivity index (χ3n) is 3.57. The lowest BCUT2D eigenvalue weighted by Gasteiger charge is -2.27. The third kappa shape index (κ3) is 3.62. The monoisotopic (exact) mass is 316 g/mol. The quantitative estimate of drug-likeness (QED) is 0.737. The Balaban J connectivity index is 1.72. The van der Waals surface area contributed by atoms with E-state index in [0.29, 0.717) is 0 Å². The number of hydrogen-bond acceptors (Lipinski definition) is 6. The van der Waals surface area contributed by atoms with Gasteiger partial charge >= 0.3 is 5.69 Å². The number of nitrogens with zero attached hydrogens (tertiary/aromatic N) is 3. The van der Waals surface area contributed by atoms with Gasteiger partial charge in [-0.15, -0.1) is 10.2 Å². The molecular weight excluding hydrogens is 300 g/mol. The second-order valence-corrected chi connectivity index (χ2v) is 5.28. The Kier molecular flexibility index (Phi) is 4.18. The van der Waals surface area contributed by atoms with Crippen molar-refractivity contribution in [2.24, 2.45) is 0 Å². The highest BCUT2D eigenvalue weighted by atomic mass is 16.2. The second-order valence-electron chi connectivity index (χ2n) is 5.28. The van der Waals surface area contributed by atoms with E-state index in [0.717, 1.165) is 37.8 Å². The SMILES string of the molecule is O=C(Nc1cc(=O)[nH]c(=O)[nH]1)c1ccc(N2CCCCC2)nn1. The van der Waals surface area contributed by atoms with Crippen molar-refractivity contribution < 1.29 is 4.79 Å². The van der Waals surface area contributed by atoms with Gasteiger partial charge in [-0.3, -0.25) is 19.6 Å². The summed E-state index contributed by atoms with van der Waals surface area (Å²) in [7, 11) is 0. The maximum Gasteiger partial charge on any atom is 0.327 e. The van der Waals surface area contributed by atoms with Gasteiger partial charge in [0.05, 0.1) is 0 Å². The minimum atomic E-state index is -0.695. The van der Waals surface area contributed by atoms with Crippen molar-refractivity contribution in [2.45, 2.75) is 19.3 Å². The van der Waals surface area contributed by atoms with E-state index in [9.17, 15) is 14.4 Å². The lowest BCUT2D eigenvalue weighted by molar-refractivity contribution is 0.102. The summed E-state index contributed by atoms with van der Waals surface area (Å²) in [5.74, 6) is 0.195. The van der Waals surface area contributed by atoms with E-state index in [-0.39, 0.29) is 11.5 Å². The maximum absolute atomic E-state index is 12.1. The smallest absolute Gasteiger partial charge is 0.327 e. The Morgan fingerprint density at radius 3 is 2.52 bits per heavy atom. The van der Waals surface area contributed by atoms with Crippen molar-refractivity contribution in [2.75, 3.05) is 23.3 Å². The highest BCUT2D eigenvalue weighted by Crippen LogP contribution is 2.16. The van der Waals surface area contributed by atoms with Crippen LogP contribution in [0.25, 0.3) is 0 Å². The number of aromatic nitrogens is 4. The lowest BCUT2D eigenvalue weighted by atomic mass is 10.1. The molecule has 0 atom stereocenters. The fourth-order valence-corrected chi connectivity index (χ4v) is 2.46. The Labute approximate surface area is 130 Å². The number of anilines is 2. The Morgan fingerprint density at radius 2 is 1.87 bits per heavy atom. The van der Waals surface area contributed by atoms with E-state index in [4.69, 9.17) is 0 Å². The van der Waals surface area contributed by atoms with Crippen molar-refractivity contribution in [1.82, 2.24) is 20.2 Å².